The number of ether oxygens (including phenoxy) is 1. The number of hydrogen-bond donors (Lipinski definition) is 0. The molecular formula is C10H5Br5O2. The minimum absolute atomic E-state index is 0.321. The molecule has 17 heavy (non-hydrogen) atoms. The van der Waals surface area contributed by atoms with Crippen molar-refractivity contribution in [2.75, 3.05) is 0 Å². The molecule has 1 aromatic rings. The van der Waals surface area contributed by atoms with Crippen molar-refractivity contribution in [3.8, 4) is 5.75 Å². The summed E-state index contributed by atoms with van der Waals surface area (Å²) in [6, 6.07) is 8.84. The first-order chi connectivity index (χ1) is 7.82. The van der Waals surface area contributed by atoms with Gasteiger partial charge in [0.25, 0.3) is 0 Å². The molecule has 1 aromatic carbocycles. The summed E-state index contributed by atoms with van der Waals surface area (Å²) in [5.41, 5.74) is 0.321. The van der Waals surface area contributed by atoms with Gasteiger partial charge in [0.2, 0.25) is 0 Å². The van der Waals surface area contributed by atoms with Gasteiger partial charge in [0.1, 0.15) is 5.75 Å². The third-order valence-electron chi connectivity index (χ3n) is 1.63. The van der Waals surface area contributed by atoms with E-state index in [1.165, 1.54) is 0 Å². The highest BCUT2D eigenvalue weighted by molar-refractivity contribution is 9.39. The first kappa shape index (κ1) is 15.9. The van der Waals surface area contributed by atoms with E-state index in [1.54, 1.807) is 24.3 Å². The van der Waals surface area contributed by atoms with Gasteiger partial charge in [-0.05, 0) is 44.0 Å². The van der Waals surface area contributed by atoms with Gasteiger partial charge in [0.05, 0.1) is 8.96 Å². The van der Waals surface area contributed by atoms with E-state index in [-0.39, 0.29) is 0 Å². The molecular weight excluding hydrogens is 552 g/mol. The predicted molar refractivity (Wildman–Crippen MR) is 86.5 cm³/mol. The number of alkyl halides is 3. The van der Waals surface area contributed by atoms with Gasteiger partial charge in [0, 0.05) is 0 Å². The van der Waals surface area contributed by atoms with Crippen LogP contribution in [-0.4, -0.2) is 8.11 Å². The van der Waals surface area contributed by atoms with Crippen LogP contribution in [0.5, 0.6) is 5.75 Å². The van der Waals surface area contributed by atoms with Crippen LogP contribution in [0, 0.1) is 0 Å². The Balaban J connectivity index is 2.94. The second-order valence-corrected chi connectivity index (χ2v) is 12.2. The summed E-state index contributed by atoms with van der Waals surface area (Å²) in [5.74, 6) is -0.0152. The van der Waals surface area contributed by atoms with Crippen molar-refractivity contribution in [2.24, 2.45) is 0 Å². The summed E-state index contributed by atoms with van der Waals surface area (Å²) in [7, 11) is 0. The molecule has 1 rings (SSSR count). The molecule has 0 saturated heterocycles. The number of para-hydroxylation sites is 1. The minimum atomic E-state index is -0.860. The van der Waals surface area contributed by atoms with Crippen molar-refractivity contribution in [1.82, 2.24) is 0 Å². The molecule has 0 N–H and O–H groups in total. The third-order valence-corrected chi connectivity index (χ3v) is 3.61. The third kappa shape index (κ3) is 5.14. The molecule has 0 aromatic heterocycles. The normalized spacial score (nSPS) is 10.9. The zero-order valence-electron chi connectivity index (χ0n) is 8.09. The van der Waals surface area contributed by atoms with Crippen LogP contribution in [0.4, 0.5) is 0 Å². The fourth-order valence-electron chi connectivity index (χ4n) is 0.947. The van der Waals surface area contributed by atoms with Crippen LogP contribution in [0.1, 0.15) is 0 Å². The number of carbonyl (C=O) groups is 1. The predicted octanol–water partition coefficient (Wildman–Crippen LogP) is 5.43. The molecule has 0 amide bonds. The maximum absolute atomic E-state index is 12.0. The summed E-state index contributed by atoms with van der Waals surface area (Å²) in [6.07, 6.45) is 0. The lowest BCUT2D eigenvalue weighted by Crippen LogP contribution is -2.21. The Morgan fingerprint density at radius 2 is 1.59 bits per heavy atom. The van der Waals surface area contributed by atoms with Crippen LogP contribution in [-0.2, 0) is 4.79 Å². The van der Waals surface area contributed by atoms with E-state index in [0.29, 0.717) is 14.7 Å². The number of halogens is 5. The quantitative estimate of drug-likeness (QED) is 0.210. The van der Waals surface area contributed by atoms with Crippen molar-refractivity contribution in [3.05, 3.63) is 39.3 Å². The van der Waals surface area contributed by atoms with Crippen LogP contribution in [0.25, 0.3) is 0 Å². The Kier molecular flexibility index (Phi) is 6.39. The van der Waals surface area contributed by atoms with Crippen molar-refractivity contribution in [2.45, 2.75) is 2.14 Å². The summed E-state index contributed by atoms with van der Waals surface area (Å²) < 4.78 is 4.84. The molecule has 0 fully saturated rings. The van der Waals surface area contributed by atoms with Crippen molar-refractivity contribution in [3.63, 3.8) is 0 Å². The smallest absolute Gasteiger partial charge is 0.344 e. The standard InChI is InChI=1S/C10H5Br5O2/c11-8(12)7(10(13,14)15)9(16)17-6-4-2-1-3-5-6/h1-5H. The summed E-state index contributed by atoms with van der Waals surface area (Å²) in [5, 5.41) is 0. The van der Waals surface area contributed by atoms with Gasteiger partial charge in [-0.15, -0.1) is 0 Å². The van der Waals surface area contributed by atoms with E-state index < -0.39 is 8.11 Å². The SMILES string of the molecule is O=C(Oc1ccccc1)C(=C(Br)Br)C(Br)(Br)Br. The molecule has 0 saturated carbocycles. The van der Waals surface area contributed by atoms with E-state index >= 15 is 0 Å². The topological polar surface area (TPSA) is 26.3 Å². The molecule has 0 aliphatic rings. The molecule has 0 aliphatic heterocycles. The summed E-state index contributed by atoms with van der Waals surface area (Å²) >= 11 is 16.2. The Hall–Kier alpha value is 0.830. The first-order valence-electron chi connectivity index (χ1n) is 4.22. The molecule has 0 unspecified atom stereocenters. The van der Waals surface area contributed by atoms with Crippen LogP contribution < -0.4 is 4.74 Å². The van der Waals surface area contributed by atoms with E-state index in [2.05, 4.69) is 79.6 Å². The lowest BCUT2D eigenvalue weighted by Gasteiger charge is -2.16. The Bertz CT molecular complexity index is 432. The molecule has 92 valence electrons. The van der Waals surface area contributed by atoms with Gasteiger partial charge in [-0.25, -0.2) is 4.79 Å². The van der Waals surface area contributed by atoms with E-state index in [4.69, 9.17) is 4.74 Å². The molecule has 0 aliphatic carbocycles. The first-order valence-corrected chi connectivity index (χ1v) is 8.18. The van der Waals surface area contributed by atoms with Crippen molar-refractivity contribution >= 4 is 85.6 Å². The van der Waals surface area contributed by atoms with Gasteiger partial charge in [0.15, 0.2) is 2.14 Å². The molecule has 0 bridgehead atoms. The average molecular weight is 557 g/mol. The zero-order valence-corrected chi connectivity index (χ0v) is 16.0. The lowest BCUT2D eigenvalue weighted by molar-refractivity contribution is -0.130. The largest absolute Gasteiger partial charge is 0.423 e. The highest BCUT2D eigenvalue weighted by Crippen LogP contribution is 2.45. The molecule has 0 radical (unpaired) electrons. The van der Waals surface area contributed by atoms with Gasteiger partial charge < -0.3 is 4.74 Å². The van der Waals surface area contributed by atoms with Gasteiger partial charge in [-0.3, -0.25) is 0 Å². The molecule has 7 heteroatoms. The van der Waals surface area contributed by atoms with E-state index in [0.717, 1.165) is 0 Å². The Labute approximate surface area is 141 Å². The zero-order chi connectivity index (χ0) is 13.1. The maximum Gasteiger partial charge on any atom is 0.344 e. The molecule has 0 atom stereocenters. The van der Waals surface area contributed by atoms with Crippen LogP contribution in [0.3, 0.4) is 0 Å². The second-order valence-electron chi connectivity index (χ2n) is 2.84. The van der Waals surface area contributed by atoms with Gasteiger partial charge in [-0.1, -0.05) is 66.0 Å². The Morgan fingerprint density at radius 3 is 2.00 bits per heavy atom. The monoisotopic (exact) mass is 552 g/mol. The number of esters is 1. The number of hydrogen-bond acceptors (Lipinski definition) is 2. The van der Waals surface area contributed by atoms with Crippen molar-refractivity contribution in [1.29, 1.82) is 0 Å². The fraction of sp³-hybridized carbons (Fsp3) is 0.100. The molecule has 2 nitrogen and oxygen atoms in total. The van der Waals surface area contributed by atoms with Crippen LogP contribution in [0.2, 0.25) is 0 Å². The summed E-state index contributed by atoms with van der Waals surface area (Å²) in [4.78, 5) is 12.0. The molecule has 0 spiro atoms. The minimum Gasteiger partial charge on any atom is -0.423 e. The number of carbonyl (C=O) groups excluding carboxylic acids is 1. The van der Waals surface area contributed by atoms with Crippen LogP contribution in [0.15, 0.2) is 39.3 Å². The summed E-state index contributed by atoms with van der Waals surface area (Å²) in [6.45, 7) is 0. The van der Waals surface area contributed by atoms with E-state index in [1.807, 2.05) is 6.07 Å². The fourth-order valence-corrected chi connectivity index (χ4v) is 4.54. The lowest BCUT2D eigenvalue weighted by atomic mass is 10.3. The maximum atomic E-state index is 12.0. The van der Waals surface area contributed by atoms with Gasteiger partial charge >= 0.3 is 5.97 Å². The molecule has 0 heterocycles. The highest BCUT2D eigenvalue weighted by atomic mass is 80.0. The highest BCUT2D eigenvalue weighted by Gasteiger charge is 2.33. The average Bonchev–Trinajstić information content (AvgIpc) is 2.15. The van der Waals surface area contributed by atoms with E-state index in [9.17, 15) is 4.79 Å². The number of rotatable bonds is 2. The van der Waals surface area contributed by atoms with Gasteiger partial charge in [-0.2, -0.15) is 0 Å². The Morgan fingerprint density at radius 1 is 1.06 bits per heavy atom. The van der Waals surface area contributed by atoms with Crippen molar-refractivity contribution < 1.29 is 9.53 Å². The van der Waals surface area contributed by atoms with Crippen LogP contribution >= 0.6 is 79.6 Å². The second kappa shape index (κ2) is 6.84. The number of benzene rings is 1.